The molecule has 12 heavy (non-hydrogen) atoms. The molecule has 0 spiro atoms. The largest absolute Gasteiger partial charge is 0.207 e. The second-order valence-electron chi connectivity index (χ2n) is 2.94. The van der Waals surface area contributed by atoms with Gasteiger partial charge in [0.15, 0.2) is 0 Å². The molecule has 0 bridgehead atoms. The van der Waals surface area contributed by atoms with Gasteiger partial charge in [-0.15, -0.1) is 0 Å². The smallest absolute Gasteiger partial charge is 0.132 e. The van der Waals surface area contributed by atoms with Gasteiger partial charge in [0, 0.05) is 27.9 Å². The summed E-state index contributed by atoms with van der Waals surface area (Å²) in [6, 6.07) is 1.43. The predicted molar refractivity (Wildman–Crippen MR) is 44.7 cm³/mol. The Bertz CT molecular complexity index is 273. The molecule has 4 heteroatoms. The number of hydrogen-bond acceptors (Lipinski definition) is 0. The molecule has 0 nitrogen and oxygen atoms in total. The van der Waals surface area contributed by atoms with Gasteiger partial charge in [0.05, 0.1) is 0 Å². The van der Waals surface area contributed by atoms with Gasteiger partial charge in [0.1, 0.15) is 17.5 Å². The highest BCUT2D eigenvalue weighted by molar-refractivity contribution is 6.12. The van der Waals surface area contributed by atoms with Crippen molar-refractivity contribution in [2.45, 2.75) is 12.5 Å². The third kappa shape index (κ3) is 1.69. The summed E-state index contributed by atoms with van der Waals surface area (Å²) in [6.07, 6.45) is 0. The van der Waals surface area contributed by atoms with Crippen molar-refractivity contribution in [3.63, 3.8) is 0 Å². The fourth-order valence-electron chi connectivity index (χ4n) is 1.10. The third-order valence-electron chi connectivity index (χ3n) is 1.62. The van der Waals surface area contributed by atoms with E-state index in [1.165, 1.54) is 0 Å². The van der Waals surface area contributed by atoms with Crippen molar-refractivity contribution in [1.82, 2.24) is 0 Å². The van der Waals surface area contributed by atoms with Gasteiger partial charge in [-0.25, -0.2) is 13.2 Å². The molecule has 0 aliphatic rings. The Morgan fingerprint density at radius 1 is 1.17 bits per heavy atom. The molecule has 1 aromatic rings. The lowest BCUT2D eigenvalue weighted by Crippen LogP contribution is -2.01. The van der Waals surface area contributed by atoms with E-state index in [-0.39, 0.29) is 11.1 Å². The maximum absolute atomic E-state index is 12.9. The van der Waals surface area contributed by atoms with E-state index >= 15 is 0 Å². The summed E-state index contributed by atoms with van der Waals surface area (Å²) in [5.74, 6) is -2.43. The second kappa shape index (κ2) is 3.31. The normalized spacial score (nSPS) is 13.3. The fourth-order valence-corrected chi connectivity index (χ4v) is 1.66. The lowest BCUT2D eigenvalue weighted by atomic mass is 10.1. The second-order valence-corrected chi connectivity index (χ2v) is 4.67. The molecule has 1 unspecified atom stereocenters. The Morgan fingerprint density at radius 3 is 1.92 bits per heavy atom. The maximum Gasteiger partial charge on any atom is 0.132 e. The van der Waals surface area contributed by atoms with Crippen molar-refractivity contribution < 1.29 is 13.2 Å². The van der Waals surface area contributed by atoms with Crippen LogP contribution in [0.15, 0.2) is 12.1 Å². The summed E-state index contributed by atoms with van der Waals surface area (Å²) in [5.41, 5.74) is -0.131. The summed E-state index contributed by atoms with van der Waals surface area (Å²) in [7, 11) is 0.649. The molecule has 0 aromatic heterocycles. The zero-order valence-corrected chi connectivity index (χ0v) is 8.87. The average molecular weight is 190 g/mol. The van der Waals surface area contributed by atoms with Crippen LogP contribution in [0.5, 0.6) is 0 Å². The van der Waals surface area contributed by atoms with Crippen molar-refractivity contribution in [3.05, 3.63) is 35.1 Å². The van der Waals surface area contributed by atoms with Gasteiger partial charge in [0.25, 0.3) is 0 Å². The molecule has 1 rings (SSSR count). The van der Waals surface area contributed by atoms with E-state index in [4.69, 9.17) is 0 Å². The van der Waals surface area contributed by atoms with Crippen LogP contribution in [-0.2, 0) is 0 Å². The zero-order valence-electron chi connectivity index (χ0n) is 6.87. The maximum atomic E-state index is 12.9. The van der Waals surface area contributed by atoms with Gasteiger partial charge >= 0.3 is 0 Å². The van der Waals surface area contributed by atoms with Crippen molar-refractivity contribution in [2.75, 3.05) is 0 Å². The minimum absolute atomic E-state index is 0.00284. The summed E-state index contributed by atoms with van der Waals surface area (Å²) in [4.78, 5) is 0. The lowest BCUT2D eigenvalue weighted by Gasteiger charge is -2.07. The predicted octanol–water partition coefficient (Wildman–Crippen LogP) is 1.53. The molecular formula is C8H9F3Si. The molecule has 0 aliphatic carbocycles. The molecule has 0 fully saturated rings. The summed E-state index contributed by atoms with van der Waals surface area (Å²) in [5, 5.41) is 0. The van der Waals surface area contributed by atoms with Crippen LogP contribution in [0.25, 0.3) is 0 Å². The molecule has 0 heterocycles. The first-order valence-electron chi connectivity index (χ1n) is 3.67. The van der Waals surface area contributed by atoms with Gasteiger partial charge in [0.2, 0.25) is 0 Å². The zero-order chi connectivity index (χ0) is 9.30. The van der Waals surface area contributed by atoms with E-state index in [1.54, 1.807) is 6.92 Å². The van der Waals surface area contributed by atoms with Crippen molar-refractivity contribution >= 4 is 10.2 Å². The minimum Gasteiger partial charge on any atom is -0.207 e. The van der Waals surface area contributed by atoms with Crippen LogP contribution in [0.1, 0.15) is 18.0 Å². The van der Waals surface area contributed by atoms with E-state index in [1.807, 2.05) is 0 Å². The van der Waals surface area contributed by atoms with Crippen molar-refractivity contribution in [2.24, 2.45) is 0 Å². The quantitative estimate of drug-likeness (QED) is 0.589. The standard InChI is InChI=1S/C8H9F3Si/c1-4(12)8-6(10)2-5(9)3-7(8)11/h2-4H,1,12H3. The SMILES string of the molecule is CC([SiH3])c1c(F)cc(F)cc1F. The Kier molecular flexibility index (Phi) is 2.57. The van der Waals surface area contributed by atoms with Crippen LogP contribution in [0.4, 0.5) is 13.2 Å². The molecular weight excluding hydrogens is 181 g/mol. The van der Waals surface area contributed by atoms with Gasteiger partial charge < -0.3 is 0 Å². The molecule has 1 atom stereocenters. The number of halogens is 3. The van der Waals surface area contributed by atoms with Gasteiger partial charge in [-0.3, -0.25) is 0 Å². The Labute approximate surface area is 71.8 Å². The lowest BCUT2D eigenvalue weighted by molar-refractivity contribution is 0.524. The van der Waals surface area contributed by atoms with Crippen LogP contribution in [0.2, 0.25) is 0 Å². The van der Waals surface area contributed by atoms with E-state index in [2.05, 4.69) is 0 Å². The van der Waals surface area contributed by atoms with Crippen molar-refractivity contribution in [3.8, 4) is 0 Å². The highest BCUT2D eigenvalue weighted by atomic mass is 28.1. The number of benzene rings is 1. The highest BCUT2D eigenvalue weighted by Gasteiger charge is 2.13. The summed E-state index contributed by atoms with van der Waals surface area (Å²) >= 11 is 0. The minimum atomic E-state index is -0.865. The average Bonchev–Trinajstić information content (AvgIpc) is 1.82. The Morgan fingerprint density at radius 2 is 1.58 bits per heavy atom. The number of hydrogen-bond donors (Lipinski definition) is 0. The Balaban J connectivity index is 3.28. The molecule has 0 amide bonds. The van der Waals surface area contributed by atoms with Crippen LogP contribution in [0.3, 0.4) is 0 Å². The first kappa shape index (κ1) is 9.32. The van der Waals surface area contributed by atoms with Crippen LogP contribution < -0.4 is 0 Å². The summed E-state index contributed by atoms with van der Waals surface area (Å²) < 4.78 is 38.2. The fraction of sp³-hybridized carbons (Fsp3) is 0.250. The molecule has 0 N–H and O–H groups in total. The van der Waals surface area contributed by atoms with E-state index in [0.29, 0.717) is 22.4 Å². The first-order chi connectivity index (χ1) is 5.52. The first-order valence-corrected chi connectivity index (χ1v) is 4.82. The molecule has 0 saturated heterocycles. The van der Waals surface area contributed by atoms with E-state index in [9.17, 15) is 13.2 Å². The molecule has 1 aromatic carbocycles. The molecule has 0 saturated carbocycles. The van der Waals surface area contributed by atoms with Crippen molar-refractivity contribution in [1.29, 1.82) is 0 Å². The Hall–Kier alpha value is -0.773. The van der Waals surface area contributed by atoms with Gasteiger partial charge in [-0.05, 0) is 5.54 Å². The summed E-state index contributed by atoms with van der Waals surface area (Å²) in [6.45, 7) is 1.71. The van der Waals surface area contributed by atoms with Gasteiger partial charge in [-0.1, -0.05) is 6.92 Å². The number of rotatable bonds is 1. The third-order valence-corrected chi connectivity index (χ3v) is 2.20. The van der Waals surface area contributed by atoms with Crippen LogP contribution in [0, 0.1) is 17.5 Å². The highest BCUT2D eigenvalue weighted by Crippen LogP contribution is 2.20. The van der Waals surface area contributed by atoms with E-state index < -0.39 is 17.5 Å². The monoisotopic (exact) mass is 190 g/mol. The topological polar surface area (TPSA) is 0 Å². The van der Waals surface area contributed by atoms with Crippen LogP contribution >= 0.6 is 0 Å². The van der Waals surface area contributed by atoms with E-state index in [0.717, 1.165) is 0 Å². The van der Waals surface area contributed by atoms with Crippen LogP contribution in [-0.4, -0.2) is 10.2 Å². The van der Waals surface area contributed by atoms with Gasteiger partial charge in [-0.2, -0.15) is 0 Å². The molecule has 0 aliphatic heterocycles. The molecule has 66 valence electrons. The molecule has 0 radical (unpaired) electrons.